The summed E-state index contributed by atoms with van der Waals surface area (Å²) in [5, 5.41) is 0. The Morgan fingerprint density at radius 1 is 1.73 bits per heavy atom. The van der Waals surface area contributed by atoms with Gasteiger partial charge in [-0.25, -0.2) is 0 Å². The number of ether oxygens (including phenoxy) is 1. The van der Waals surface area contributed by atoms with E-state index in [2.05, 4.69) is 0 Å². The average molecular weight is 156 g/mol. The van der Waals surface area contributed by atoms with Crippen molar-refractivity contribution < 1.29 is 14.3 Å². The molecule has 0 aromatic rings. The van der Waals surface area contributed by atoms with Gasteiger partial charge < -0.3 is 9.53 Å². The first-order valence-electron chi connectivity index (χ1n) is 3.89. The van der Waals surface area contributed by atoms with E-state index >= 15 is 0 Å². The quantitative estimate of drug-likeness (QED) is 0.446. The summed E-state index contributed by atoms with van der Waals surface area (Å²) >= 11 is 0. The van der Waals surface area contributed by atoms with Crippen molar-refractivity contribution in [3.63, 3.8) is 0 Å². The molecular formula is C8H12O3. The maximum absolute atomic E-state index is 11.0. The van der Waals surface area contributed by atoms with Crippen LogP contribution >= 0.6 is 0 Å². The Bertz CT molecular complexity index is 165. The molecule has 0 aliphatic heterocycles. The SMILES string of the molecule is CCOC(=O)C1CC1CC=O. The lowest BCUT2D eigenvalue weighted by molar-refractivity contribution is -0.145. The molecule has 62 valence electrons. The lowest BCUT2D eigenvalue weighted by Gasteiger charge is -1.97. The second kappa shape index (κ2) is 3.51. The van der Waals surface area contributed by atoms with Gasteiger partial charge in [0, 0.05) is 6.42 Å². The second-order valence-electron chi connectivity index (χ2n) is 2.76. The summed E-state index contributed by atoms with van der Waals surface area (Å²) in [7, 11) is 0. The number of carbonyl (C=O) groups is 2. The number of esters is 1. The Labute approximate surface area is 65.7 Å². The van der Waals surface area contributed by atoms with Crippen LogP contribution in [0.2, 0.25) is 0 Å². The van der Waals surface area contributed by atoms with Crippen LogP contribution in [0.4, 0.5) is 0 Å². The van der Waals surface area contributed by atoms with Crippen molar-refractivity contribution in [1.82, 2.24) is 0 Å². The van der Waals surface area contributed by atoms with Crippen LogP contribution in [0.1, 0.15) is 19.8 Å². The zero-order valence-electron chi connectivity index (χ0n) is 6.58. The van der Waals surface area contributed by atoms with Gasteiger partial charge in [0.15, 0.2) is 0 Å². The topological polar surface area (TPSA) is 43.4 Å². The van der Waals surface area contributed by atoms with Crippen molar-refractivity contribution in [2.75, 3.05) is 6.61 Å². The van der Waals surface area contributed by atoms with Gasteiger partial charge >= 0.3 is 5.97 Å². The van der Waals surface area contributed by atoms with Crippen molar-refractivity contribution in [1.29, 1.82) is 0 Å². The van der Waals surface area contributed by atoms with Crippen molar-refractivity contribution >= 4 is 12.3 Å². The fourth-order valence-corrected chi connectivity index (χ4v) is 1.17. The van der Waals surface area contributed by atoms with Gasteiger partial charge in [0.25, 0.3) is 0 Å². The van der Waals surface area contributed by atoms with Crippen LogP contribution in [0.25, 0.3) is 0 Å². The summed E-state index contributed by atoms with van der Waals surface area (Å²) in [6.45, 7) is 2.22. The predicted octanol–water partition coefficient (Wildman–Crippen LogP) is 0.775. The fraction of sp³-hybridized carbons (Fsp3) is 0.750. The third kappa shape index (κ3) is 2.03. The molecule has 0 amide bonds. The smallest absolute Gasteiger partial charge is 0.309 e. The molecule has 2 unspecified atom stereocenters. The zero-order valence-corrected chi connectivity index (χ0v) is 6.58. The summed E-state index contributed by atoms with van der Waals surface area (Å²) in [5.41, 5.74) is 0. The largest absolute Gasteiger partial charge is 0.466 e. The van der Waals surface area contributed by atoms with Crippen molar-refractivity contribution in [2.45, 2.75) is 19.8 Å². The van der Waals surface area contributed by atoms with E-state index in [1.807, 2.05) is 0 Å². The molecule has 3 nitrogen and oxygen atoms in total. The third-order valence-electron chi connectivity index (χ3n) is 1.91. The predicted molar refractivity (Wildman–Crippen MR) is 38.9 cm³/mol. The molecule has 0 bridgehead atoms. The molecule has 1 aliphatic carbocycles. The highest BCUT2D eigenvalue weighted by Crippen LogP contribution is 2.41. The first-order valence-corrected chi connectivity index (χ1v) is 3.89. The van der Waals surface area contributed by atoms with E-state index in [9.17, 15) is 9.59 Å². The summed E-state index contributed by atoms with van der Waals surface area (Å²) in [5.74, 6) is 0.144. The van der Waals surface area contributed by atoms with Crippen molar-refractivity contribution in [2.24, 2.45) is 11.8 Å². The van der Waals surface area contributed by atoms with E-state index in [0.29, 0.717) is 13.0 Å². The minimum Gasteiger partial charge on any atom is -0.466 e. The number of carbonyl (C=O) groups excluding carboxylic acids is 2. The van der Waals surface area contributed by atoms with Crippen LogP contribution in [0.3, 0.4) is 0 Å². The highest BCUT2D eigenvalue weighted by Gasteiger charge is 2.43. The Hall–Kier alpha value is -0.860. The van der Waals surface area contributed by atoms with Crippen LogP contribution in [0.15, 0.2) is 0 Å². The summed E-state index contributed by atoms with van der Waals surface area (Å²) < 4.78 is 4.79. The number of rotatable bonds is 4. The minimum absolute atomic E-state index is 0.0140. The van der Waals surface area contributed by atoms with Gasteiger partial charge in [-0.2, -0.15) is 0 Å². The van der Waals surface area contributed by atoms with Crippen LogP contribution in [0.5, 0.6) is 0 Å². The fourth-order valence-electron chi connectivity index (χ4n) is 1.17. The molecule has 0 aromatic heterocycles. The Morgan fingerprint density at radius 2 is 2.45 bits per heavy atom. The van der Waals surface area contributed by atoms with E-state index in [-0.39, 0.29) is 17.8 Å². The Kier molecular flexibility index (Phi) is 2.63. The molecule has 0 heterocycles. The van der Waals surface area contributed by atoms with Crippen LogP contribution in [-0.4, -0.2) is 18.9 Å². The van der Waals surface area contributed by atoms with Crippen molar-refractivity contribution in [3.8, 4) is 0 Å². The first kappa shape index (κ1) is 8.24. The van der Waals surface area contributed by atoms with E-state index in [1.165, 1.54) is 0 Å². The molecule has 1 saturated carbocycles. The van der Waals surface area contributed by atoms with Gasteiger partial charge in [-0.3, -0.25) is 4.79 Å². The summed E-state index contributed by atoms with van der Waals surface area (Å²) in [4.78, 5) is 21.0. The number of hydrogen-bond donors (Lipinski definition) is 0. The number of hydrogen-bond acceptors (Lipinski definition) is 3. The highest BCUT2D eigenvalue weighted by molar-refractivity contribution is 5.76. The number of aldehydes is 1. The van der Waals surface area contributed by atoms with Gasteiger partial charge in [-0.05, 0) is 19.3 Å². The standard InChI is InChI=1S/C8H12O3/c1-2-11-8(10)7-5-6(7)3-4-9/h4,6-7H,2-3,5H2,1H3. The van der Waals surface area contributed by atoms with Crippen LogP contribution in [-0.2, 0) is 14.3 Å². The molecular weight excluding hydrogens is 144 g/mol. The molecule has 1 rings (SSSR count). The zero-order chi connectivity index (χ0) is 8.27. The van der Waals surface area contributed by atoms with E-state index < -0.39 is 0 Å². The maximum Gasteiger partial charge on any atom is 0.309 e. The van der Waals surface area contributed by atoms with Gasteiger partial charge in [0.2, 0.25) is 0 Å². The van der Waals surface area contributed by atoms with Gasteiger partial charge in [0.05, 0.1) is 12.5 Å². The molecule has 0 spiro atoms. The second-order valence-corrected chi connectivity index (χ2v) is 2.76. The van der Waals surface area contributed by atoms with Crippen LogP contribution < -0.4 is 0 Å². The molecule has 0 aromatic carbocycles. The Morgan fingerprint density at radius 3 is 3.00 bits per heavy atom. The van der Waals surface area contributed by atoms with Gasteiger partial charge in [0.1, 0.15) is 6.29 Å². The van der Waals surface area contributed by atoms with Gasteiger partial charge in [-0.15, -0.1) is 0 Å². The maximum atomic E-state index is 11.0. The van der Waals surface area contributed by atoms with Crippen LogP contribution in [0, 0.1) is 11.8 Å². The van der Waals surface area contributed by atoms with Crippen molar-refractivity contribution in [3.05, 3.63) is 0 Å². The lowest BCUT2D eigenvalue weighted by Crippen LogP contribution is -2.07. The third-order valence-corrected chi connectivity index (χ3v) is 1.91. The molecule has 3 heteroatoms. The average Bonchev–Trinajstić information content (AvgIpc) is 2.69. The summed E-state index contributed by atoms with van der Waals surface area (Å²) in [6.07, 6.45) is 2.20. The van der Waals surface area contributed by atoms with E-state index in [0.717, 1.165) is 12.7 Å². The molecule has 2 atom stereocenters. The molecule has 0 N–H and O–H groups in total. The molecule has 11 heavy (non-hydrogen) atoms. The summed E-state index contributed by atoms with van der Waals surface area (Å²) in [6, 6.07) is 0. The molecule has 0 saturated heterocycles. The van der Waals surface area contributed by atoms with E-state index in [4.69, 9.17) is 4.74 Å². The monoisotopic (exact) mass is 156 g/mol. The lowest BCUT2D eigenvalue weighted by atomic mass is 10.2. The molecule has 1 aliphatic rings. The highest BCUT2D eigenvalue weighted by atomic mass is 16.5. The molecule has 0 radical (unpaired) electrons. The normalized spacial score (nSPS) is 27.7. The molecule has 1 fully saturated rings. The van der Waals surface area contributed by atoms with Gasteiger partial charge in [-0.1, -0.05) is 0 Å². The Balaban J connectivity index is 2.20. The first-order chi connectivity index (χ1) is 5.29. The van der Waals surface area contributed by atoms with E-state index in [1.54, 1.807) is 6.92 Å². The minimum atomic E-state index is -0.139.